The van der Waals surface area contributed by atoms with Crippen LogP contribution in [0.2, 0.25) is 0 Å². The van der Waals surface area contributed by atoms with Crippen molar-refractivity contribution in [3.63, 3.8) is 0 Å². The molecular weight excluding hydrogens is 375 g/mol. The van der Waals surface area contributed by atoms with Gasteiger partial charge < -0.3 is 15.4 Å². The second-order valence-electron chi connectivity index (χ2n) is 6.57. The Morgan fingerprint density at radius 3 is 2.79 bits per heavy atom. The first-order chi connectivity index (χ1) is 14.3. The second kappa shape index (κ2) is 7.40. The van der Waals surface area contributed by atoms with E-state index in [0.717, 1.165) is 30.8 Å². The largest absolute Gasteiger partial charge is 0.472 e. The lowest BCUT2D eigenvalue weighted by molar-refractivity contribution is 0.211. The van der Waals surface area contributed by atoms with Gasteiger partial charge in [-0.25, -0.2) is 28.8 Å². The second-order valence-corrected chi connectivity index (χ2v) is 6.57. The standard InChI is InChI=1S/C19H17FN8O/c20-14-2-1-6-22-18(14)26-19-24-8-12(9-25-19)15-11-23-16-3-4-17(27-28(15)16)29-13-5-7-21-10-13/h1-4,6,8-9,11,13,21H,5,7,10H2,(H,22,24,25,26). The summed E-state index contributed by atoms with van der Waals surface area (Å²) in [5, 5.41) is 10.6. The van der Waals surface area contributed by atoms with Gasteiger partial charge in [-0.1, -0.05) is 0 Å². The Morgan fingerprint density at radius 2 is 2.00 bits per heavy atom. The zero-order valence-corrected chi connectivity index (χ0v) is 15.3. The SMILES string of the molecule is Fc1cccnc1Nc1ncc(-c2cnc3ccc(OC4CCNC4)nn23)cn1. The molecule has 0 bridgehead atoms. The lowest BCUT2D eigenvalue weighted by Crippen LogP contribution is -2.20. The predicted octanol–water partition coefficient (Wildman–Crippen LogP) is 2.20. The fraction of sp³-hybridized carbons (Fsp3) is 0.211. The summed E-state index contributed by atoms with van der Waals surface area (Å²) in [7, 11) is 0. The van der Waals surface area contributed by atoms with Crippen LogP contribution in [0.25, 0.3) is 16.9 Å². The van der Waals surface area contributed by atoms with Crippen LogP contribution in [0, 0.1) is 5.82 Å². The normalized spacial score (nSPS) is 16.2. The molecule has 0 radical (unpaired) electrons. The quantitative estimate of drug-likeness (QED) is 0.533. The first-order valence-corrected chi connectivity index (χ1v) is 9.18. The molecule has 146 valence electrons. The number of hydrogen-bond acceptors (Lipinski definition) is 8. The molecule has 10 heteroatoms. The van der Waals surface area contributed by atoms with E-state index < -0.39 is 5.82 Å². The minimum Gasteiger partial charge on any atom is -0.472 e. The number of rotatable bonds is 5. The Kier molecular flexibility index (Phi) is 4.45. The van der Waals surface area contributed by atoms with Gasteiger partial charge in [0.15, 0.2) is 17.3 Å². The molecule has 0 amide bonds. The molecule has 1 atom stereocenters. The Bertz CT molecular complexity index is 1140. The van der Waals surface area contributed by atoms with Gasteiger partial charge in [0.25, 0.3) is 0 Å². The molecule has 9 nitrogen and oxygen atoms in total. The van der Waals surface area contributed by atoms with Gasteiger partial charge in [0.1, 0.15) is 6.10 Å². The number of pyridine rings is 1. The third-order valence-corrected chi connectivity index (χ3v) is 4.58. The topological polar surface area (TPSA) is 102 Å². The molecule has 5 heterocycles. The van der Waals surface area contributed by atoms with Crippen molar-refractivity contribution >= 4 is 17.4 Å². The first-order valence-electron chi connectivity index (χ1n) is 9.18. The van der Waals surface area contributed by atoms with Crippen molar-refractivity contribution in [2.75, 3.05) is 18.4 Å². The van der Waals surface area contributed by atoms with Gasteiger partial charge in [-0.05, 0) is 31.2 Å². The lowest BCUT2D eigenvalue weighted by atomic mass is 10.3. The molecule has 1 aliphatic rings. The van der Waals surface area contributed by atoms with Crippen molar-refractivity contribution in [2.24, 2.45) is 0 Å². The third kappa shape index (κ3) is 3.57. The van der Waals surface area contributed by atoms with Crippen molar-refractivity contribution in [1.29, 1.82) is 0 Å². The number of imidazole rings is 1. The van der Waals surface area contributed by atoms with Crippen molar-refractivity contribution in [1.82, 2.24) is 34.9 Å². The van der Waals surface area contributed by atoms with E-state index in [1.807, 2.05) is 12.1 Å². The Morgan fingerprint density at radius 1 is 1.10 bits per heavy atom. The molecule has 5 rings (SSSR count). The van der Waals surface area contributed by atoms with Crippen molar-refractivity contribution in [3.05, 3.63) is 54.9 Å². The zero-order valence-electron chi connectivity index (χ0n) is 15.3. The molecule has 0 aliphatic carbocycles. The molecule has 0 spiro atoms. The van der Waals surface area contributed by atoms with Crippen molar-refractivity contribution in [3.8, 4) is 17.1 Å². The molecule has 1 aliphatic heterocycles. The number of ether oxygens (including phenoxy) is 1. The van der Waals surface area contributed by atoms with Crippen LogP contribution in [0.15, 0.2) is 49.1 Å². The number of hydrogen-bond donors (Lipinski definition) is 2. The van der Waals surface area contributed by atoms with Crippen LogP contribution in [-0.4, -0.2) is 48.7 Å². The van der Waals surface area contributed by atoms with Crippen LogP contribution in [0.3, 0.4) is 0 Å². The Labute approximate surface area is 165 Å². The van der Waals surface area contributed by atoms with Gasteiger partial charge in [0, 0.05) is 36.8 Å². The predicted molar refractivity (Wildman–Crippen MR) is 103 cm³/mol. The number of halogens is 1. The summed E-state index contributed by atoms with van der Waals surface area (Å²) >= 11 is 0. The first kappa shape index (κ1) is 17.4. The highest BCUT2D eigenvalue weighted by atomic mass is 19.1. The van der Waals surface area contributed by atoms with Crippen LogP contribution >= 0.6 is 0 Å². The maximum atomic E-state index is 13.7. The maximum absolute atomic E-state index is 13.7. The van der Waals surface area contributed by atoms with Crippen LogP contribution in [0.4, 0.5) is 16.2 Å². The molecule has 4 aromatic rings. The highest BCUT2D eigenvalue weighted by molar-refractivity contribution is 5.62. The minimum atomic E-state index is -0.476. The summed E-state index contributed by atoms with van der Waals surface area (Å²) < 4.78 is 21.4. The van der Waals surface area contributed by atoms with E-state index in [4.69, 9.17) is 4.74 Å². The highest BCUT2D eigenvalue weighted by Crippen LogP contribution is 2.22. The van der Waals surface area contributed by atoms with E-state index >= 15 is 0 Å². The van der Waals surface area contributed by atoms with Gasteiger partial charge in [-0.3, -0.25) is 0 Å². The average Bonchev–Trinajstić information content (AvgIpc) is 3.40. The molecule has 4 aromatic heterocycles. The molecule has 1 fully saturated rings. The van der Waals surface area contributed by atoms with Crippen LogP contribution in [0.5, 0.6) is 5.88 Å². The summed E-state index contributed by atoms with van der Waals surface area (Å²) in [4.78, 5) is 16.8. The van der Waals surface area contributed by atoms with Gasteiger partial charge in [-0.2, -0.15) is 0 Å². The average molecular weight is 392 g/mol. The number of aromatic nitrogens is 6. The van der Waals surface area contributed by atoms with E-state index in [-0.39, 0.29) is 17.9 Å². The third-order valence-electron chi connectivity index (χ3n) is 4.58. The highest BCUT2D eigenvalue weighted by Gasteiger charge is 2.17. The van der Waals surface area contributed by atoms with Crippen molar-refractivity contribution < 1.29 is 9.13 Å². The maximum Gasteiger partial charge on any atom is 0.232 e. The fourth-order valence-corrected chi connectivity index (χ4v) is 3.12. The molecule has 29 heavy (non-hydrogen) atoms. The molecule has 1 saturated heterocycles. The Balaban J connectivity index is 1.40. The van der Waals surface area contributed by atoms with Crippen LogP contribution in [0.1, 0.15) is 6.42 Å². The fourth-order valence-electron chi connectivity index (χ4n) is 3.12. The summed E-state index contributed by atoms with van der Waals surface area (Å²) in [6.07, 6.45) is 7.51. The van der Waals surface area contributed by atoms with Crippen molar-refractivity contribution in [2.45, 2.75) is 12.5 Å². The number of nitrogens with zero attached hydrogens (tertiary/aromatic N) is 6. The van der Waals surface area contributed by atoms with Crippen LogP contribution < -0.4 is 15.4 Å². The van der Waals surface area contributed by atoms with E-state index in [0.29, 0.717) is 11.5 Å². The monoisotopic (exact) mass is 392 g/mol. The van der Waals surface area contributed by atoms with E-state index in [1.54, 1.807) is 23.1 Å². The lowest BCUT2D eigenvalue weighted by Gasteiger charge is -2.11. The van der Waals surface area contributed by atoms with Gasteiger partial charge in [0.05, 0.1) is 11.9 Å². The number of anilines is 2. The number of nitrogens with one attached hydrogen (secondary N) is 2. The van der Waals surface area contributed by atoms with Gasteiger partial charge in [0.2, 0.25) is 11.8 Å². The molecule has 2 N–H and O–H groups in total. The van der Waals surface area contributed by atoms with Gasteiger partial charge >= 0.3 is 0 Å². The summed E-state index contributed by atoms with van der Waals surface area (Å²) in [5.41, 5.74) is 2.14. The Hall–Kier alpha value is -3.66. The zero-order chi connectivity index (χ0) is 19.6. The summed E-state index contributed by atoms with van der Waals surface area (Å²) in [5.74, 6) is 0.372. The molecule has 1 unspecified atom stereocenters. The number of fused-ring (bicyclic) bond motifs is 1. The molecule has 0 saturated carbocycles. The summed E-state index contributed by atoms with van der Waals surface area (Å²) in [6, 6.07) is 6.50. The summed E-state index contributed by atoms with van der Waals surface area (Å²) in [6.45, 7) is 1.76. The van der Waals surface area contributed by atoms with Crippen LogP contribution in [-0.2, 0) is 0 Å². The minimum absolute atomic E-state index is 0.0694. The van der Waals surface area contributed by atoms with Gasteiger partial charge in [-0.15, -0.1) is 5.10 Å². The van der Waals surface area contributed by atoms with E-state index in [2.05, 4.69) is 35.7 Å². The molecular formula is C19H17FN8O. The smallest absolute Gasteiger partial charge is 0.232 e. The van der Waals surface area contributed by atoms with E-state index in [9.17, 15) is 4.39 Å². The molecule has 0 aromatic carbocycles. The van der Waals surface area contributed by atoms with E-state index in [1.165, 1.54) is 18.3 Å².